The van der Waals surface area contributed by atoms with E-state index in [2.05, 4.69) is 10.5 Å². The molecule has 1 aromatic heterocycles. The van der Waals surface area contributed by atoms with Gasteiger partial charge in [0.1, 0.15) is 0 Å². The molecule has 1 saturated carbocycles. The van der Waals surface area contributed by atoms with Gasteiger partial charge < -0.3 is 9.84 Å². The van der Waals surface area contributed by atoms with Gasteiger partial charge >= 0.3 is 6.18 Å². The summed E-state index contributed by atoms with van der Waals surface area (Å²) in [5, 5.41) is 7.17. The van der Waals surface area contributed by atoms with Crippen molar-refractivity contribution in [2.24, 2.45) is 0 Å². The maximum Gasteiger partial charge on any atom is 0.401 e. The van der Waals surface area contributed by atoms with E-state index in [-0.39, 0.29) is 18.1 Å². The highest BCUT2D eigenvalue weighted by Crippen LogP contribution is 2.31. The topological polar surface area (TPSA) is 41.3 Å². The number of alkyl halides is 3. The average molecular weight is 305 g/mol. The lowest BCUT2D eigenvalue weighted by atomic mass is 10.1. The minimum absolute atomic E-state index is 0.0212. The van der Waals surface area contributed by atoms with Crippen LogP contribution in [0.25, 0.3) is 0 Å². The third-order valence-corrected chi connectivity index (χ3v) is 3.21. The molecule has 0 spiro atoms. The molecular formula is C14H22F3N3O. The fourth-order valence-electron chi connectivity index (χ4n) is 2.05. The molecule has 4 nitrogen and oxygen atoms in total. The first-order valence-corrected chi connectivity index (χ1v) is 7.13. The van der Waals surface area contributed by atoms with E-state index in [9.17, 15) is 13.2 Å². The van der Waals surface area contributed by atoms with Crippen molar-refractivity contribution in [3.05, 3.63) is 17.5 Å². The van der Waals surface area contributed by atoms with Gasteiger partial charge in [0.15, 0.2) is 5.76 Å². The summed E-state index contributed by atoms with van der Waals surface area (Å²) in [5.41, 5.74) is 0.665. The first-order valence-electron chi connectivity index (χ1n) is 7.13. The van der Waals surface area contributed by atoms with Crippen LogP contribution in [0.15, 0.2) is 10.6 Å². The zero-order chi connectivity index (χ0) is 15.7. The zero-order valence-corrected chi connectivity index (χ0v) is 12.6. The van der Waals surface area contributed by atoms with Crippen LogP contribution in [-0.2, 0) is 13.1 Å². The van der Waals surface area contributed by atoms with Gasteiger partial charge in [-0.2, -0.15) is 13.2 Å². The standard InChI is InChI=1S/C14H22F3N3O/c1-13(2,3)18-7-10-6-12(21-19-10)8-20(11-4-5-11)9-14(15,16)17/h6,11,18H,4-5,7-9H2,1-3H3. The number of rotatable bonds is 6. The molecule has 1 aliphatic rings. The largest absolute Gasteiger partial charge is 0.401 e. The molecule has 0 aromatic carbocycles. The van der Waals surface area contributed by atoms with Crippen molar-refractivity contribution in [2.45, 2.75) is 64.5 Å². The molecular weight excluding hydrogens is 283 g/mol. The Morgan fingerprint density at radius 3 is 2.52 bits per heavy atom. The van der Waals surface area contributed by atoms with Gasteiger partial charge in [0, 0.05) is 24.2 Å². The Bertz CT molecular complexity index is 461. The number of hydrogen-bond donors (Lipinski definition) is 1. The van der Waals surface area contributed by atoms with Gasteiger partial charge in [0.05, 0.1) is 18.8 Å². The molecule has 1 aliphatic carbocycles. The Kier molecular flexibility index (Phi) is 4.63. The van der Waals surface area contributed by atoms with Crippen molar-refractivity contribution in [3.63, 3.8) is 0 Å². The number of nitrogens with one attached hydrogen (secondary N) is 1. The summed E-state index contributed by atoms with van der Waals surface area (Å²) in [6.07, 6.45) is -2.54. The van der Waals surface area contributed by atoms with Crippen molar-refractivity contribution in [1.82, 2.24) is 15.4 Å². The van der Waals surface area contributed by atoms with Crippen molar-refractivity contribution >= 4 is 0 Å². The van der Waals surface area contributed by atoms with E-state index in [1.54, 1.807) is 6.07 Å². The third-order valence-electron chi connectivity index (χ3n) is 3.21. The van der Waals surface area contributed by atoms with Crippen LogP contribution >= 0.6 is 0 Å². The quantitative estimate of drug-likeness (QED) is 0.877. The molecule has 1 fully saturated rings. The Morgan fingerprint density at radius 2 is 2.00 bits per heavy atom. The van der Waals surface area contributed by atoms with Gasteiger partial charge in [0.2, 0.25) is 0 Å². The second-order valence-corrected chi connectivity index (χ2v) is 6.64. The third kappa shape index (κ3) is 6.05. The average Bonchev–Trinajstić information content (AvgIpc) is 3.05. The highest BCUT2D eigenvalue weighted by molar-refractivity contribution is 5.06. The second kappa shape index (κ2) is 5.96. The first-order chi connectivity index (χ1) is 9.62. The molecule has 0 aliphatic heterocycles. The molecule has 120 valence electrons. The maximum absolute atomic E-state index is 12.6. The molecule has 1 aromatic rings. The number of nitrogens with zero attached hydrogens (tertiary/aromatic N) is 2. The normalized spacial score (nSPS) is 16.7. The van der Waals surface area contributed by atoms with Crippen molar-refractivity contribution in [1.29, 1.82) is 0 Å². The van der Waals surface area contributed by atoms with Gasteiger partial charge in [-0.1, -0.05) is 5.16 Å². The molecule has 0 bridgehead atoms. The van der Waals surface area contributed by atoms with Crippen molar-refractivity contribution in [2.75, 3.05) is 6.54 Å². The Labute approximate surface area is 122 Å². The van der Waals surface area contributed by atoms with Crippen LogP contribution in [0, 0.1) is 0 Å². The number of hydrogen-bond acceptors (Lipinski definition) is 4. The Balaban J connectivity index is 1.91. The van der Waals surface area contributed by atoms with E-state index < -0.39 is 12.7 Å². The summed E-state index contributed by atoms with van der Waals surface area (Å²) in [6.45, 7) is 5.90. The highest BCUT2D eigenvalue weighted by Gasteiger charge is 2.38. The SMILES string of the molecule is CC(C)(C)NCc1cc(CN(CC(F)(F)F)C2CC2)on1. The smallest absolute Gasteiger partial charge is 0.360 e. The summed E-state index contributed by atoms with van der Waals surface area (Å²) >= 11 is 0. The maximum atomic E-state index is 12.6. The number of halogens is 3. The van der Waals surface area contributed by atoms with E-state index >= 15 is 0 Å². The zero-order valence-electron chi connectivity index (χ0n) is 12.6. The van der Waals surface area contributed by atoms with Gasteiger partial charge in [0.25, 0.3) is 0 Å². The van der Waals surface area contributed by atoms with E-state index in [4.69, 9.17) is 4.52 Å². The van der Waals surface area contributed by atoms with E-state index in [1.165, 1.54) is 4.90 Å². The molecule has 0 amide bonds. The monoisotopic (exact) mass is 305 g/mol. The van der Waals surface area contributed by atoms with E-state index in [1.807, 2.05) is 20.8 Å². The second-order valence-electron chi connectivity index (χ2n) is 6.64. The highest BCUT2D eigenvalue weighted by atomic mass is 19.4. The summed E-state index contributed by atoms with van der Waals surface area (Å²) < 4.78 is 42.8. The summed E-state index contributed by atoms with van der Waals surface area (Å²) in [6, 6.07) is 1.75. The van der Waals surface area contributed by atoms with Gasteiger partial charge in [-0.25, -0.2) is 0 Å². The lowest BCUT2D eigenvalue weighted by Crippen LogP contribution is -2.35. The van der Waals surface area contributed by atoms with E-state index in [0.29, 0.717) is 18.0 Å². The van der Waals surface area contributed by atoms with E-state index in [0.717, 1.165) is 12.8 Å². The van der Waals surface area contributed by atoms with Crippen LogP contribution in [0.2, 0.25) is 0 Å². The van der Waals surface area contributed by atoms with Crippen LogP contribution in [0.3, 0.4) is 0 Å². The molecule has 21 heavy (non-hydrogen) atoms. The molecule has 7 heteroatoms. The van der Waals surface area contributed by atoms with Gasteiger partial charge in [-0.3, -0.25) is 4.90 Å². The molecule has 1 heterocycles. The summed E-state index contributed by atoms with van der Waals surface area (Å²) in [5.74, 6) is 0.483. The van der Waals surface area contributed by atoms with Gasteiger partial charge in [-0.05, 0) is 33.6 Å². The fraction of sp³-hybridized carbons (Fsp3) is 0.786. The first kappa shape index (κ1) is 16.3. The Hall–Kier alpha value is -1.08. The fourth-order valence-corrected chi connectivity index (χ4v) is 2.05. The van der Waals surface area contributed by atoms with Crippen LogP contribution in [0.1, 0.15) is 45.1 Å². The van der Waals surface area contributed by atoms with Crippen molar-refractivity contribution < 1.29 is 17.7 Å². The van der Waals surface area contributed by atoms with Crippen molar-refractivity contribution in [3.8, 4) is 0 Å². The molecule has 2 rings (SSSR count). The van der Waals surface area contributed by atoms with Crippen LogP contribution in [0.4, 0.5) is 13.2 Å². The summed E-state index contributed by atoms with van der Waals surface area (Å²) in [7, 11) is 0. The minimum atomic E-state index is -4.18. The lowest BCUT2D eigenvalue weighted by Gasteiger charge is -2.21. The predicted octanol–water partition coefficient (Wildman–Crippen LogP) is 3.09. The molecule has 1 N–H and O–H groups in total. The predicted molar refractivity (Wildman–Crippen MR) is 72.6 cm³/mol. The molecule has 0 saturated heterocycles. The molecule has 0 unspecified atom stereocenters. The lowest BCUT2D eigenvalue weighted by molar-refractivity contribution is -0.149. The molecule has 0 atom stereocenters. The van der Waals surface area contributed by atoms with Crippen LogP contribution < -0.4 is 5.32 Å². The molecule has 0 radical (unpaired) electrons. The van der Waals surface area contributed by atoms with Gasteiger partial charge in [-0.15, -0.1) is 0 Å². The van der Waals surface area contributed by atoms with Crippen LogP contribution in [-0.4, -0.2) is 34.4 Å². The number of aromatic nitrogens is 1. The minimum Gasteiger partial charge on any atom is -0.360 e. The summed E-state index contributed by atoms with van der Waals surface area (Å²) in [4.78, 5) is 1.42. The Morgan fingerprint density at radius 1 is 1.33 bits per heavy atom. The van der Waals surface area contributed by atoms with Crippen LogP contribution in [0.5, 0.6) is 0 Å².